The number of carbonyl (C=O) groups is 1. The number of aromatic nitrogens is 2. The van der Waals surface area contributed by atoms with E-state index in [0.717, 1.165) is 0 Å². The number of hydrogen-bond acceptors (Lipinski definition) is 5. The Bertz CT molecular complexity index is 356. The fourth-order valence-corrected chi connectivity index (χ4v) is 1.29. The molecule has 5 nitrogen and oxygen atoms in total. The number of anilines is 1. The molecule has 1 aromatic heterocycles. The van der Waals surface area contributed by atoms with Gasteiger partial charge in [-0.1, -0.05) is 11.6 Å². The number of nitrogens with zero attached hydrogens (tertiary/aromatic N) is 2. The molecule has 6 heteroatoms. The minimum Gasteiger partial charge on any atom is -0.485 e. The predicted octanol–water partition coefficient (Wildman–Crippen LogP) is 0.747. The van der Waals surface area contributed by atoms with Crippen molar-refractivity contribution in [2.45, 2.75) is 0 Å². The first-order valence-corrected chi connectivity index (χ1v) is 4.08. The first kappa shape index (κ1) is 8.25. The van der Waals surface area contributed by atoms with Gasteiger partial charge in [-0.15, -0.1) is 0 Å². The summed E-state index contributed by atoms with van der Waals surface area (Å²) in [4.78, 5) is 18.0. The zero-order valence-electron chi connectivity index (χ0n) is 6.58. The molecular formula is C7H6ClN3O2. The van der Waals surface area contributed by atoms with Gasteiger partial charge in [-0.05, 0) is 0 Å². The number of aldehydes is 1. The summed E-state index contributed by atoms with van der Waals surface area (Å²) in [6.45, 7) is 1.18. The third-order valence-electron chi connectivity index (χ3n) is 1.59. The normalized spacial score (nSPS) is 13.9. The first-order valence-electron chi connectivity index (χ1n) is 3.70. The number of rotatable bonds is 1. The van der Waals surface area contributed by atoms with E-state index in [1.165, 1.54) is 0 Å². The molecule has 13 heavy (non-hydrogen) atoms. The zero-order valence-corrected chi connectivity index (χ0v) is 7.34. The Labute approximate surface area is 79.1 Å². The van der Waals surface area contributed by atoms with Gasteiger partial charge in [0.1, 0.15) is 6.61 Å². The molecule has 0 aromatic carbocycles. The summed E-state index contributed by atoms with van der Waals surface area (Å²) < 4.78 is 5.22. The van der Waals surface area contributed by atoms with Crippen molar-refractivity contribution in [2.24, 2.45) is 0 Å². The molecule has 1 aromatic rings. The summed E-state index contributed by atoms with van der Waals surface area (Å²) in [7, 11) is 0. The van der Waals surface area contributed by atoms with Crippen LogP contribution < -0.4 is 10.1 Å². The molecule has 68 valence electrons. The standard InChI is InChI=1S/C7H6ClN3O2/c8-6-5-7(9-1-2-13-5)11-4(3-12)10-6/h3H,1-2H2,(H,9,10,11). The van der Waals surface area contributed by atoms with Crippen LogP contribution in [0.5, 0.6) is 5.75 Å². The summed E-state index contributed by atoms with van der Waals surface area (Å²) in [5.74, 6) is 0.952. The van der Waals surface area contributed by atoms with Crippen LogP contribution in [0.2, 0.25) is 5.15 Å². The van der Waals surface area contributed by atoms with Gasteiger partial charge >= 0.3 is 0 Å². The molecule has 0 unspecified atom stereocenters. The van der Waals surface area contributed by atoms with E-state index in [1.54, 1.807) is 0 Å². The number of halogens is 1. The van der Waals surface area contributed by atoms with Gasteiger partial charge < -0.3 is 10.1 Å². The van der Waals surface area contributed by atoms with Crippen molar-refractivity contribution in [3.63, 3.8) is 0 Å². The van der Waals surface area contributed by atoms with Crippen LogP contribution in [0.3, 0.4) is 0 Å². The lowest BCUT2D eigenvalue weighted by molar-refractivity contribution is 0.111. The highest BCUT2D eigenvalue weighted by atomic mass is 35.5. The van der Waals surface area contributed by atoms with Gasteiger partial charge in [-0.25, -0.2) is 9.97 Å². The lowest BCUT2D eigenvalue weighted by Gasteiger charge is -2.18. The highest BCUT2D eigenvalue weighted by Crippen LogP contribution is 2.31. The topological polar surface area (TPSA) is 64.1 Å². The summed E-state index contributed by atoms with van der Waals surface area (Å²) in [5.41, 5.74) is 0. The highest BCUT2D eigenvalue weighted by molar-refractivity contribution is 6.31. The summed E-state index contributed by atoms with van der Waals surface area (Å²) in [5, 5.41) is 3.12. The second-order valence-corrected chi connectivity index (χ2v) is 2.80. The van der Waals surface area contributed by atoms with Crippen molar-refractivity contribution in [3.05, 3.63) is 11.0 Å². The van der Waals surface area contributed by atoms with Gasteiger partial charge in [0.15, 0.2) is 28.8 Å². The Balaban J connectivity index is 2.52. The maximum absolute atomic E-state index is 10.4. The van der Waals surface area contributed by atoms with Gasteiger partial charge in [-0.2, -0.15) is 0 Å². The van der Waals surface area contributed by atoms with Crippen LogP contribution in [-0.2, 0) is 0 Å². The molecule has 0 amide bonds. The first-order chi connectivity index (χ1) is 6.31. The number of carbonyl (C=O) groups excluding carboxylic acids is 1. The van der Waals surface area contributed by atoms with Crippen molar-refractivity contribution < 1.29 is 9.53 Å². The molecule has 0 radical (unpaired) electrons. The Morgan fingerprint density at radius 1 is 1.54 bits per heavy atom. The van der Waals surface area contributed by atoms with Crippen molar-refractivity contribution in [2.75, 3.05) is 18.5 Å². The average Bonchev–Trinajstić information content (AvgIpc) is 2.18. The summed E-state index contributed by atoms with van der Waals surface area (Å²) >= 11 is 5.75. The molecule has 1 aliphatic heterocycles. The molecule has 0 saturated carbocycles. The average molecular weight is 200 g/mol. The number of hydrogen-bond donors (Lipinski definition) is 1. The number of fused-ring (bicyclic) bond motifs is 1. The van der Waals surface area contributed by atoms with Crippen LogP contribution in [0, 0.1) is 0 Å². The van der Waals surface area contributed by atoms with Crippen LogP contribution in [0.1, 0.15) is 10.6 Å². The van der Waals surface area contributed by atoms with E-state index >= 15 is 0 Å². The van der Waals surface area contributed by atoms with Gasteiger partial charge in [0.05, 0.1) is 6.54 Å². The van der Waals surface area contributed by atoms with Crippen LogP contribution in [0.4, 0.5) is 5.82 Å². The Morgan fingerprint density at radius 2 is 2.38 bits per heavy atom. The van der Waals surface area contributed by atoms with Crippen LogP contribution in [-0.4, -0.2) is 29.4 Å². The third kappa shape index (κ3) is 1.42. The van der Waals surface area contributed by atoms with E-state index in [-0.39, 0.29) is 11.0 Å². The molecule has 0 spiro atoms. The largest absolute Gasteiger partial charge is 0.485 e. The van der Waals surface area contributed by atoms with Crippen LogP contribution >= 0.6 is 11.6 Å². The van der Waals surface area contributed by atoms with E-state index in [0.29, 0.717) is 31.0 Å². The monoisotopic (exact) mass is 199 g/mol. The molecule has 1 aliphatic rings. The van der Waals surface area contributed by atoms with Crippen molar-refractivity contribution in [1.82, 2.24) is 9.97 Å². The smallest absolute Gasteiger partial charge is 0.199 e. The number of ether oxygens (including phenoxy) is 1. The Morgan fingerprint density at radius 3 is 3.15 bits per heavy atom. The Kier molecular flexibility index (Phi) is 2.02. The minimum atomic E-state index is 0.0572. The van der Waals surface area contributed by atoms with Gasteiger partial charge in [0.25, 0.3) is 0 Å². The lowest BCUT2D eigenvalue weighted by atomic mass is 10.4. The lowest BCUT2D eigenvalue weighted by Crippen LogP contribution is -2.20. The molecular weight excluding hydrogens is 194 g/mol. The molecule has 0 atom stereocenters. The molecule has 0 bridgehead atoms. The molecule has 0 fully saturated rings. The van der Waals surface area contributed by atoms with E-state index in [9.17, 15) is 4.79 Å². The maximum atomic E-state index is 10.4. The van der Waals surface area contributed by atoms with Gasteiger partial charge in [0.2, 0.25) is 0 Å². The van der Waals surface area contributed by atoms with E-state index in [2.05, 4.69) is 15.3 Å². The van der Waals surface area contributed by atoms with Crippen LogP contribution in [0.25, 0.3) is 0 Å². The summed E-state index contributed by atoms with van der Waals surface area (Å²) in [6, 6.07) is 0. The molecule has 2 heterocycles. The summed E-state index contributed by atoms with van der Waals surface area (Å²) in [6.07, 6.45) is 0.544. The SMILES string of the molecule is O=Cc1nc(Cl)c2c(n1)NCCO2. The maximum Gasteiger partial charge on any atom is 0.199 e. The molecule has 2 rings (SSSR count). The van der Waals surface area contributed by atoms with Crippen molar-refractivity contribution >= 4 is 23.7 Å². The van der Waals surface area contributed by atoms with Crippen molar-refractivity contribution in [3.8, 4) is 5.75 Å². The number of nitrogens with one attached hydrogen (secondary N) is 1. The molecule has 1 N–H and O–H groups in total. The molecule has 0 aliphatic carbocycles. The predicted molar refractivity (Wildman–Crippen MR) is 46.4 cm³/mol. The fourth-order valence-electron chi connectivity index (χ4n) is 1.06. The van der Waals surface area contributed by atoms with Crippen LogP contribution in [0.15, 0.2) is 0 Å². The van der Waals surface area contributed by atoms with Gasteiger partial charge in [0, 0.05) is 0 Å². The van der Waals surface area contributed by atoms with E-state index in [4.69, 9.17) is 16.3 Å². The fraction of sp³-hybridized carbons (Fsp3) is 0.286. The zero-order chi connectivity index (χ0) is 9.26. The van der Waals surface area contributed by atoms with E-state index < -0.39 is 0 Å². The van der Waals surface area contributed by atoms with Crippen molar-refractivity contribution in [1.29, 1.82) is 0 Å². The second kappa shape index (κ2) is 3.18. The highest BCUT2D eigenvalue weighted by Gasteiger charge is 2.17. The van der Waals surface area contributed by atoms with Gasteiger partial charge in [-0.3, -0.25) is 4.79 Å². The van der Waals surface area contributed by atoms with E-state index in [1.807, 2.05) is 0 Å². The Hall–Kier alpha value is -1.36. The third-order valence-corrected chi connectivity index (χ3v) is 1.84. The molecule has 0 saturated heterocycles. The quantitative estimate of drug-likeness (QED) is 0.534. The minimum absolute atomic E-state index is 0.0572. The second-order valence-electron chi connectivity index (χ2n) is 2.44.